The summed E-state index contributed by atoms with van der Waals surface area (Å²) in [7, 11) is 0. The lowest BCUT2D eigenvalue weighted by atomic mass is 9.97. The van der Waals surface area contributed by atoms with Crippen LogP contribution in [0.1, 0.15) is 5.56 Å². The third-order valence-corrected chi connectivity index (χ3v) is 9.07. The van der Waals surface area contributed by atoms with Crippen LogP contribution in [-0.2, 0) is 0 Å². The van der Waals surface area contributed by atoms with Gasteiger partial charge in [0.15, 0.2) is 17.5 Å². The quantitative estimate of drug-likeness (QED) is 0.181. The summed E-state index contributed by atoms with van der Waals surface area (Å²) >= 11 is 0. The van der Waals surface area contributed by atoms with Gasteiger partial charge in [0.1, 0.15) is 11.2 Å². The van der Waals surface area contributed by atoms with Gasteiger partial charge in [-0.15, -0.1) is 0 Å². The van der Waals surface area contributed by atoms with Crippen molar-refractivity contribution >= 4 is 21.9 Å². The largest absolute Gasteiger partial charge is 0.456 e. The van der Waals surface area contributed by atoms with Gasteiger partial charge in [-0.25, -0.2) is 15.0 Å². The van der Waals surface area contributed by atoms with Crippen molar-refractivity contribution in [3.8, 4) is 67.7 Å². The monoisotopic (exact) mass is 642 g/mol. The van der Waals surface area contributed by atoms with Gasteiger partial charge in [0, 0.05) is 39.2 Å². The molecule has 0 aliphatic rings. The number of benzene rings is 6. The zero-order chi connectivity index (χ0) is 33.4. The molecule has 6 aromatic carbocycles. The molecule has 9 rings (SSSR count). The van der Waals surface area contributed by atoms with Gasteiger partial charge in [-0.05, 0) is 59.5 Å². The van der Waals surface area contributed by atoms with Crippen molar-refractivity contribution in [1.82, 2.24) is 19.9 Å². The first kappa shape index (κ1) is 29.4. The van der Waals surface area contributed by atoms with E-state index in [1.165, 1.54) is 11.1 Å². The molecule has 5 heteroatoms. The molecule has 0 bridgehead atoms. The number of furan rings is 1. The molecule has 0 fully saturated rings. The molecule has 50 heavy (non-hydrogen) atoms. The van der Waals surface area contributed by atoms with E-state index in [2.05, 4.69) is 103 Å². The predicted molar refractivity (Wildman–Crippen MR) is 202 cm³/mol. The molecule has 0 saturated heterocycles. The molecule has 0 unspecified atom stereocenters. The second-order valence-electron chi connectivity index (χ2n) is 12.4. The number of fused-ring (bicyclic) bond motifs is 3. The van der Waals surface area contributed by atoms with E-state index in [0.717, 1.165) is 66.6 Å². The average Bonchev–Trinajstić information content (AvgIpc) is 3.57. The van der Waals surface area contributed by atoms with Crippen LogP contribution in [0, 0.1) is 6.92 Å². The first-order valence-electron chi connectivity index (χ1n) is 16.6. The maximum atomic E-state index is 6.48. The Hall–Kier alpha value is -6.72. The van der Waals surface area contributed by atoms with Crippen LogP contribution in [0.3, 0.4) is 0 Å². The zero-order valence-corrected chi connectivity index (χ0v) is 27.3. The van der Waals surface area contributed by atoms with Gasteiger partial charge >= 0.3 is 0 Å². The van der Waals surface area contributed by atoms with E-state index in [1.807, 2.05) is 72.9 Å². The van der Waals surface area contributed by atoms with Crippen LogP contribution in [0.4, 0.5) is 0 Å². The van der Waals surface area contributed by atoms with Crippen LogP contribution < -0.4 is 0 Å². The number of rotatable bonds is 6. The van der Waals surface area contributed by atoms with Crippen LogP contribution in [-0.4, -0.2) is 19.9 Å². The molecule has 3 aromatic heterocycles. The molecule has 236 valence electrons. The lowest BCUT2D eigenvalue weighted by molar-refractivity contribution is 0.669. The summed E-state index contributed by atoms with van der Waals surface area (Å²) in [4.78, 5) is 19.4. The minimum atomic E-state index is 0.587. The lowest BCUT2D eigenvalue weighted by Gasteiger charge is -2.09. The van der Waals surface area contributed by atoms with Crippen LogP contribution in [0.25, 0.3) is 89.6 Å². The maximum absolute atomic E-state index is 6.48. The first-order chi connectivity index (χ1) is 24.7. The van der Waals surface area contributed by atoms with Gasteiger partial charge in [0.05, 0.1) is 5.69 Å². The van der Waals surface area contributed by atoms with Crippen molar-refractivity contribution in [1.29, 1.82) is 0 Å². The fourth-order valence-electron chi connectivity index (χ4n) is 6.55. The standard InChI is InChI=1S/C45H30N4O/c1-29-9-7-12-35(27-29)30-16-22-34(23-17-30)44-47-43(33-10-3-2-4-11-33)48-45(49-44)36-24-25-38-41(28-36)50-40-15-8-13-37(42(38)40)31-18-20-32(21-19-31)39-14-5-6-26-46-39/h2-28H,1H3. The van der Waals surface area contributed by atoms with Crippen LogP contribution >= 0.6 is 0 Å². The van der Waals surface area contributed by atoms with E-state index in [-0.39, 0.29) is 0 Å². The van der Waals surface area contributed by atoms with Crippen LogP contribution in [0.15, 0.2) is 168 Å². The number of nitrogens with zero attached hydrogens (tertiary/aromatic N) is 4. The summed E-state index contributed by atoms with van der Waals surface area (Å²) < 4.78 is 6.48. The van der Waals surface area contributed by atoms with Gasteiger partial charge in [-0.1, -0.05) is 133 Å². The Labute approximate surface area is 289 Å². The molecule has 0 aliphatic carbocycles. The highest BCUT2D eigenvalue weighted by atomic mass is 16.3. The maximum Gasteiger partial charge on any atom is 0.164 e. The molecular formula is C45H30N4O. The summed E-state index contributed by atoms with van der Waals surface area (Å²) in [6.45, 7) is 2.11. The number of aryl methyl sites for hydroxylation is 1. The van der Waals surface area contributed by atoms with Crippen LogP contribution in [0.5, 0.6) is 0 Å². The molecule has 0 spiro atoms. The van der Waals surface area contributed by atoms with Gasteiger partial charge in [0.25, 0.3) is 0 Å². The summed E-state index contributed by atoms with van der Waals surface area (Å²) in [5.41, 5.74) is 12.1. The fourth-order valence-corrected chi connectivity index (χ4v) is 6.55. The normalized spacial score (nSPS) is 11.3. The summed E-state index contributed by atoms with van der Waals surface area (Å²) in [5, 5.41) is 2.12. The SMILES string of the molecule is Cc1cccc(-c2ccc(-c3nc(-c4ccccc4)nc(-c4ccc5c(c4)oc4cccc(-c6ccc(-c7ccccn7)cc6)c45)n3)cc2)c1. The third-order valence-electron chi connectivity index (χ3n) is 9.07. The molecule has 0 aliphatic heterocycles. The minimum Gasteiger partial charge on any atom is -0.456 e. The zero-order valence-electron chi connectivity index (χ0n) is 27.3. The molecule has 0 N–H and O–H groups in total. The molecule has 0 amide bonds. The predicted octanol–water partition coefficient (Wildman–Crippen LogP) is 11.5. The van der Waals surface area contributed by atoms with E-state index in [1.54, 1.807) is 0 Å². The highest BCUT2D eigenvalue weighted by Crippen LogP contribution is 2.39. The Morgan fingerprint density at radius 3 is 1.78 bits per heavy atom. The van der Waals surface area contributed by atoms with Crippen molar-refractivity contribution < 1.29 is 4.42 Å². The highest BCUT2D eigenvalue weighted by molar-refractivity contribution is 6.13. The Kier molecular flexibility index (Phi) is 7.29. The Morgan fingerprint density at radius 1 is 0.420 bits per heavy atom. The molecule has 0 saturated carbocycles. The average molecular weight is 643 g/mol. The number of hydrogen-bond donors (Lipinski definition) is 0. The van der Waals surface area contributed by atoms with Crippen molar-refractivity contribution in [3.05, 3.63) is 169 Å². The first-order valence-corrected chi connectivity index (χ1v) is 16.6. The number of hydrogen-bond acceptors (Lipinski definition) is 5. The topological polar surface area (TPSA) is 64.7 Å². The van der Waals surface area contributed by atoms with E-state index >= 15 is 0 Å². The lowest BCUT2D eigenvalue weighted by Crippen LogP contribution is -2.00. The Bertz CT molecular complexity index is 2630. The van der Waals surface area contributed by atoms with Gasteiger partial charge in [-0.2, -0.15) is 0 Å². The molecule has 5 nitrogen and oxygen atoms in total. The van der Waals surface area contributed by atoms with Crippen molar-refractivity contribution in [3.63, 3.8) is 0 Å². The minimum absolute atomic E-state index is 0.587. The molecule has 0 radical (unpaired) electrons. The van der Waals surface area contributed by atoms with Gasteiger partial charge in [0.2, 0.25) is 0 Å². The highest BCUT2D eigenvalue weighted by Gasteiger charge is 2.17. The van der Waals surface area contributed by atoms with Crippen molar-refractivity contribution in [2.24, 2.45) is 0 Å². The van der Waals surface area contributed by atoms with Crippen molar-refractivity contribution in [2.45, 2.75) is 6.92 Å². The fraction of sp³-hybridized carbons (Fsp3) is 0.0222. The third kappa shape index (κ3) is 5.51. The van der Waals surface area contributed by atoms with Crippen LogP contribution in [0.2, 0.25) is 0 Å². The van der Waals surface area contributed by atoms with E-state index < -0.39 is 0 Å². The summed E-state index contributed by atoms with van der Waals surface area (Å²) in [6, 6.07) is 53.9. The number of pyridine rings is 1. The van der Waals surface area contributed by atoms with E-state index in [4.69, 9.17) is 19.4 Å². The second-order valence-corrected chi connectivity index (χ2v) is 12.4. The molecular weight excluding hydrogens is 613 g/mol. The Balaban J connectivity index is 1.12. The summed E-state index contributed by atoms with van der Waals surface area (Å²) in [6.07, 6.45) is 1.82. The van der Waals surface area contributed by atoms with E-state index in [0.29, 0.717) is 17.5 Å². The molecule has 9 aromatic rings. The van der Waals surface area contributed by atoms with Gasteiger partial charge < -0.3 is 4.42 Å². The van der Waals surface area contributed by atoms with E-state index in [9.17, 15) is 0 Å². The molecule has 0 atom stereocenters. The Morgan fingerprint density at radius 2 is 1.04 bits per heavy atom. The second kappa shape index (κ2) is 12.4. The van der Waals surface area contributed by atoms with Gasteiger partial charge in [-0.3, -0.25) is 4.98 Å². The summed E-state index contributed by atoms with van der Waals surface area (Å²) in [5.74, 6) is 1.82. The number of aromatic nitrogens is 4. The molecule has 3 heterocycles. The smallest absolute Gasteiger partial charge is 0.164 e. The van der Waals surface area contributed by atoms with Crippen molar-refractivity contribution in [2.75, 3.05) is 0 Å².